The maximum atomic E-state index is 4.36. The minimum Gasteiger partial charge on any atom is -0.338 e. The Morgan fingerprint density at radius 3 is 2.47 bits per heavy atom. The van der Waals surface area contributed by atoms with Crippen LogP contribution in [0, 0.1) is 20.8 Å². The largest absolute Gasteiger partial charge is 0.338 e. The minimum absolute atomic E-state index is 0.822. The van der Waals surface area contributed by atoms with E-state index < -0.39 is 0 Å². The molecule has 1 aromatic carbocycles. The molecule has 1 aliphatic rings. The average Bonchev–Trinajstić information content (AvgIpc) is 2.59. The first kappa shape index (κ1) is 12.2. The Labute approximate surface area is 113 Å². The Morgan fingerprint density at radius 1 is 1.00 bits per heavy atom. The van der Waals surface area contributed by atoms with Gasteiger partial charge in [-0.25, -0.2) is 0 Å². The molecule has 0 fully saturated rings. The van der Waals surface area contributed by atoms with Crippen LogP contribution in [-0.2, 0) is 6.54 Å². The van der Waals surface area contributed by atoms with Gasteiger partial charge in [0, 0.05) is 16.6 Å². The van der Waals surface area contributed by atoms with Gasteiger partial charge in [-0.3, -0.25) is 0 Å². The highest BCUT2D eigenvalue weighted by Crippen LogP contribution is 2.30. The van der Waals surface area contributed by atoms with Gasteiger partial charge in [-0.2, -0.15) is 10.2 Å². The standard InChI is InChI=1S/C16H19N3/c1-9-6-14-11(3)13(5)19-8-10(2)17-18-12(4)15(7-9)16(14)19/h6-7H,8H2,1-5H3/b17-10-,18-12-. The molecule has 3 heteroatoms. The second kappa shape index (κ2) is 4.05. The van der Waals surface area contributed by atoms with Gasteiger partial charge >= 0.3 is 0 Å². The van der Waals surface area contributed by atoms with E-state index in [9.17, 15) is 0 Å². The zero-order valence-corrected chi connectivity index (χ0v) is 12.2. The molecule has 0 saturated carbocycles. The number of aromatic nitrogens is 1. The second-order valence-corrected chi connectivity index (χ2v) is 5.53. The lowest BCUT2D eigenvalue weighted by Gasteiger charge is -2.14. The van der Waals surface area contributed by atoms with Crippen molar-refractivity contribution >= 4 is 22.3 Å². The normalized spacial score (nSPS) is 20.5. The van der Waals surface area contributed by atoms with Crippen LogP contribution in [0.5, 0.6) is 0 Å². The van der Waals surface area contributed by atoms with Crippen molar-refractivity contribution in [2.45, 2.75) is 41.2 Å². The second-order valence-electron chi connectivity index (χ2n) is 5.53. The summed E-state index contributed by atoms with van der Waals surface area (Å²) in [6.45, 7) is 11.4. The first-order valence-electron chi connectivity index (χ1n) is 6.67. The van der Waals surface area contributed by atoms with Gasteiger partial charge in [-0.15, -0.1) is 0 Å². The molecule has 0 atom stereocenters. The lowest BCUT2D eigenvalue weighted by Crippen LogP contribution is -2.12. The van der Waals surface area contributed by atoms with E-state index in [1.54, 1.807) is 0 Å². The Balaban J connectivity index is 2.52. The third-order valence-electron chi connectivity index (χ3n) is 4.02. The third-order valence-corrected chi connectivity index (χ3v) is 4.02. The van der Waals surface area contributed by atoms with Crippen LogP contribution in [0.15, 0.2) is 22.3 Å². The lowest BCUT2D eigenvalue weighted by molar-refractivity contribution is 0.840. The molecule has 0 radical (unpaired) electrons. The molecule has 98 valence electrons. The molecule has 1 aromatic heterocycles. The topological polar surface area (TPSA) is 29.6 Å². The summed E-state index contributed by atoms with van der Waals surface area (Å²) in [5, 5.41) is 10.0. The van der Waals surface area contributed by atoms with Crippen molar-refractivity contribution in [2.24, 2.45) is 10.2 Å². The first-order chi connectivity index (χ1) is 8.99. The van der Waals surface area contributed by atoms with Gasteiger partial charge in [0.25, 0.3) is 0 Å². The van der Waals surface area contributed by atoms with Gasteiger partial charge in [0.15, 0.2) is 0 Å². The molecule has 0 unspecified atom stereocenters. The SMILES string of the molecule is C/C1=N/N=C(/C)c2cc(C)cc3c(C)c(C)n(c23)C1. The zero-order chi connectivity index (χ0) is 13.7. The van der Waals surface area contributed by atoms with Crippen molar-refractivity contribution < 1.29 is 0 Å². The van der Waals surface area contributed by atoms with Gasteiger partial charge in [0.2, 0.25) is 0 Å². The van der Waals surface area contributed by atoms with Crippen LogP contribution in [-0.4, -0.2) is 16.0 Å². The van der Waals surface area contributed by atoms with Gasteiger partial charge in [-0.05, 0) is 57.9 Å². The van der Waals surface area contributed by atoms with E-state index in [2.05, 4.69) is 47.7 Å². The Bertz CT molecular complexity index is 745. The van der Waals surface area contributed by atoms with Gasteiger partial charge < -0.3 is 4.57 Å². The summed E-state index contributed by atoms with van der Waals surface area (Å²) in [4.78, 5) is 0. The van der Waals surface area contributed by atoms with Gasteiger partial charge in [0.1, 0.15) is 0 Å². The monoisotopic (exact) mass is 253 g/mol. The van der Waals surface area contributed by atoms with Crippen molar-refractivity contribution in [3.05, 3.63) is 34.5 Å². The molecule has 2 heterocycles. The van der Waals surface area contributed by atoms with Crippen LogP contribution < -0.4 is 0 Å². The quantitative estimate of drug-likeness (QED) is 0.684. The number of benzene rings is 1. The van der Waals surface area contributed by atoms with Crippen molar-refractivity contribution in [3.63, 3.8) is 0 Å². The highest BCUT2D eigenvalue weighted by atomic mass is 15.2. The average molecular weight is 253 g/mol. The van der Waals surface area contributed by atoms with Crippen molar-refractivity contribution in [1.82, 2.24) is 4.57 Å². The lowest BCUT2D eigenvalue weighted by atomic mass is 10.0. The summed E-state index contributed by atoms with van der Waals surface area (Å²) in [6.07, 6.45) is 0. The van der Waals surface area contributed by atoms with E-state index in [0.717, 1.165) is 18.0 Å². The summed E-state index contributed by atoms with van der Waals surface area (Å²) in [6, 6.07) is 4.49. The Hall–Kier alpha value is -1.90. The molecule has 0 amide bonds. The van der Waals surface area contributed by atoms with E-state index >= 15 is 0 Å². The molecule has 0 saturated heterocycles. The van der Waals surface area contributed by atoms with E-state index in [4.69, 9.17) is 0 Å². The van der Waals surface area contributed by atoms with Gasteiger partial charge in [0.05, 0.1) is 23.5 Å². The van der Waals surface area contributed by atoms with Crippen LogP contribution in [0.25, 0.3) is 10.9 Å². The number of rotatable bonds is 0. The molecule has 0 spiro atoms. The number of aryl methyl sites for hydroxylation is 2. The number of hydrogen-bond acceptors (Lipinski definition) is 2. The Kier molecular flexibility index (Phi) is 2.59. The summed E-state index contributed by atoms with van der Waals surface area (Å²) >= 11 is 0. The van der Waals surface area contributed by atoms with Crippen molar-refractivity contribution in [1.29, 1.82) is 0 Å². The molecule has 0 N–H and O–H groups in total. The molecule has 3 rings (SSSR count). The number of hydrogen-bond donors (Lipinski definition) is 0. The summed E-state index contributed by atoms with van der Waals surface area (Å²) < 4.78 is 2.37. The summed E-state index contributed by atoms with van der Waals surface area (Å²) in [5.41, 5.74) is 8.52. The molecule has 3 nitrogen and oxygen atoms in total. The van der Waals surface area contributed by atoms with Crippen LogP contribution >= 0.6 is 0 Å². The smallest absolute Gasteiger partial charge is 0.0693 e. The van der Waals surface area contributed by atoms with E-state index in [1.807, 2.05) is 13.8 Å². The summed E-state index contributed by atoms with van der Waals surface area (Å²) in [5.74, 6) is 0. The van der Waals surface area contributed by atoms with Gasteiger partial charge in [-0.1, -0.05) is 0 Å². The van der Waals surface area contributed by atoms with Crippen molar-refractivity contribution in [3.8, 4) is 0 Å². The maximum Gasteiger partial charge on any atom is 0.0693 e. The molecular formula is C16H19N3. The predicted molar refractivity (Wildman–Crippen MR) is 81.5 cm³/mol. The number of nitrogens with zero attached hydrogens (tertiary/aromatic N) is 3. The van der Waals surface area contributed by atoms with E-state index in [0.29, 0.717) is 0 Å². The molecule has 2 aromatic rings. The fraction of sp³-hybridized carbons (Fsp3) is 0.375. The van der Waals surface area contributed by atoms with Crippen LogP contribution in [0.3, 0.4) is 0 Å². The van der Waals surface area contributed by atoms with Crippen LogP contribution in [0.2, 0.25) is 0 Å². The van der Waals surface area contributed by atoms with Crippen LogP contribution in [0.1, 0.15) is 36.2 Å². The molecule has 1 aliphatic heterocycles. The van der Waals surface area contributed by atoms with E-state index in [-0.39, 0.29) is 0 Å². The fourth-order valence-corrected chi connectivity index (χ4v) is 2.87. The highest BCUT2D eigenvalue weighted by Gasteiger charge is 2.18. The van der Waals surface area contributed by atoms with Crippen LogP contribution in [0.4, 0.5) is 0 Å². The molecule has 0 bridgehead atoms. The minimum atomic E-state index is 0.822. The molecule has 0 aliphatic carbocycles. The van der Waals surface area contributed by atoms with Crippen molar-refractivity contribution in [2.75, 3.05) is 0 Å². The first-order valence-corrected chi connectivity index (χ1v) is 6.67. The highest BCUT2D eigenvalue weighted by molar-refractivity contribution is 6.11. The zero-order valence-electron chi connectivity index (χ0n) is 12.2. The predicted octanol–water partition coefficient (Wildman–Crippen LogP) is 3.77. The third kappa shape index (κ3) is 1.72. The maximum absolute atomic E-state index is 4.36. The Morgan fingerprint density at radius 2 is 1.74 bits per heavy atom. The molecule has 19 heavy (non-hydrogen) atoms. The van der Waals surface area contributed by atoms with E-state index in [1.165, 1.54) is 33.3 Å². The summed E-state index contributed by atoms with van der Waals surface area (Å²) in [7, 11) is 0. The fourth-order valence-electron chi connectivity index (χ4n) is 2.87. The molecular weight excluding hydrogens is 234 g/mol.